The molecule has 1 aliphatic heterocycles. The summed E-state index contributed by atoms with van der Waals surface area (Å²) in [7, 11) is 1.31. The number of aryl methyl sites for hydroxylation is 1. The Balaban J connectivity index is 2.06. The molecule has 1 aliphatic rings. The van der Waals surface area contributed by atoms with Crippen LogP contribution < -0.4 is 5.32 Å². The van der Waals surface area contributed by atoms with Gasteiger partial charge >= 0.3 is 6.03 Å². The minimum atomic E-state index is -0.746. The number of urea groups is 1. The second kappa shape index (κ2) is 6.01. The quantitative estimate of drug-likeness (QED) is 0.673. The zero-order chi connectivity index (χ0) is 18.3. The molecule has 7 heteroatoms. The van der Waals surface area contributed by atoms with Crippen molar-refractivity contribution in [2.24, 2.45) is 0 Å². The Morgan fingerprint density at radius 1 is 1.08 bits per heavy atom. The normalized spacial score (nSPS) is 16.6. The summed E-state index contributed by atoms with van der Waals surface area (Å²) < 4.78 is 15.0. The standard InChI is InChI=1S/C18H16FN3O3/c1-10-8-12(9-15-16(23)20-18(25)21(3)17(15)24)11(2)22(10)14-6-4-13(19)5-7-14/h4-9H,1-3H3,(H,20,23,25)/b15-9+. The lowest BCUT2D eigenvalue weighted by molar-refractivity contribution is -0.129. The van der Waals surface area contributed by atoms with Gasteiger partial charge in [0.1, 0.15) is 11.4 Å². The van der Waals surface area contributed by atoms with Crippen LogP contribution in [0.1, 0.15) is 17.0 Å². The van der Waals surface area contributed by atoms with E-state index in [1.807, 2.05) is 24.5 Å². The first kappa shape index (κ1) is 16.6. The van der Waals surface area contributed by atoms with Crippen LogP contribution in [0.3, 0.4) is 0 Å². The van der Waals surface area contributed by atoms with Gasteiger partial charge in [-0.3, -0.25) is 19.8 Å². The molecule has 0 saturated carbocycles. The van der Waals surface area contributed by atoms with E-state index in [4.69, 9.17) is 0 Å². The summed E-state index contributed by atoms with van der Waals surface area (Å²) in [6, 6.07) is 7.11. The van der Waals surface area contributed by atoms with Gasteiger partial charge in [0.2, 0.25) is 0 Å². The van der Waals surface area contributed by atoms with Crippen molar-refractivity contribution in [3.05, 3.63) is 58.7 Å². The van der Waals surface area contributed by atoms with Crippen molar-refractivity contribution in [3.63, 3.8) is 0 Å². The zero-order valence-corrected chi connectivity index (χ0v) is 14.0. The lowest BCUT2D eigenvalue weighted by atomic mass is 10.1. The number of hydrogen-bond donors (Lipinski definition) is 1. The molecule has 25 heavy (non-hydrogen) atoms. The molecular formula is C18H16FN3O3. The smallest absolute Gasteiger partial charge is 0.318 e. The van der Waals surface area contributed by atoms with Gasteiger partial charge in [0.15, 0.2) is 0 Å². The van der Waals surface area contributed by atoms with Gasteiger partial charge in [0.25, 0.3) is 11.8 Å². The number of nitrogens with zero attached hydrogens (tertiary/aromatic N) is 2. The highest BCUT2D eigenvalue weighted by atomic mass is 19.1. The number of carbonyl (C=O) groups is 3. The van der Waals surface area contributed by atoms with E-state index in [1.54, 1.807) is 12.1 Å². The maximum absolute atomic E-state index is 13.1. The molecule has 0 unspecified atom stereocenters. The van der Waals surface area contributed by atoms with E-state index in [0.29, 0.717) is 5.56 Å². The first-order valence-corrected chi connectivity index (χ1v) is 7.59. The largest absolute Gasteiger partial charge is 0.331 e. The molecule has 1 N–H and O–H groups in total. The maximum atomic E-state index is 13.1. The van der Waals surface area contributed by atoms with E-state index in [0.717, 1.165) is 22.0 Å². The summed E-state index contributed by atoms with van der Waals surface area (Å²) in [6.45, 7) is 3.71. The molecule has 0 spiro atoms. The average Bonchev–Trinajstić information content (AvgIpc) is 2.84. The monoisotopic (exact) mass is 341 g/mol. The fourth-order valence-electron chi connectivity index (χ4n) is 2.82. The van der Waals surface area contributed by atoms with Crippen LogP contribution in [0.4, 0.5) is 9.18 Å². The van der Waals surface area contributed by atoms with Crippen molar-refractivity contribution in [2.75, 3.05) is 7.05 Å². The number of halogens is 1. The summed E-state index contributed by atoms with van der Waals surface area (Å²) in [5.41, 5.74) is 2.98. The third-order valence-electron chi connectivity index (χ3n) is 4.16. The molecule has 6 nitrogen and oxygen atoms in total. The van der Waals surface area contributed by atoms with Crippen LogP contribution >= 0.6 is 0 Å². The molecule has 4 amide bonds. The van der Waals surface area contributed by atoms with Gasteiger partial charge in [0, 0.05) is 24.1 Å². The fourth-order valence-corrected chi connectivity index (χ4v) is 2.82. The number of benzene rings is 1. The Morgan fingerprint density at radius 2 is 1.72 bits per heavy atom. The highest BCUT2D eigenvalue weighted by molar-refractivity contribution is 6.30. The predicted octanol–water partition coefficient (Wildman–Crippen LogP) is 2.32. The number of hydrogen-bond acceptors (Lipinski definition) is 3. The number of likely N-dealkylation sites (N-methyl/N-ethyl adjacent to an activating group) is 1. The van der Waals surface area contributed by atoms with Crippen LogP contribution in [-0.2, 0) is 9.59 Å². The molecule has 0 aliphatic carbocycles. The highest BCUT2D eigenvalue weighted by Crippen LogP contribution is 2.24. The van der Waals surface area contributed by atoms with Crippen LogP contribution in [0, 0.1) is 19.7 Å². The lowest BCUT2D eigenvalue weighted by Gasteiger charge is -2.22. The molecule has 1 aromatic carbocycles. The number of imide groups is 2. The summed E-state index contributed by atoms with van der Waals surface area (Å²) in [5.74, 6) is -1.70. The van der Waals surface area contributed by atoms with Gasteiger partial charge in [-0.15, -0.1) is 0 Å². The Kier molecular flexibility index (Phi) is 4.00. The van der Waals surface area contributed by atoms with E-state index in [9.17, 15) is 18.8 Å². The van der Waals surface area contributed by atoms with Gasteiger partial charge in [-0.2, -0.15) is 0 Å². The molecule has 2 aromatic rings. The SMILES string of the molecule is Cc1cc(/C=C2\C(=O)NC(=O)N(C)C2=O)c(C)n1-c1ccc(F)cc1. The summed E-state index contributed by atoms with van der Waals surface area (Å²) in [5, 5.41) is 2.12. The third-order valence-corrected chi connectivity index (χ3v) is 4.16. The van der Waals surface area contributed by atoms with Gasteiger partial charge < -0.3 is 4.57 Å². The van der Waals surface area contributed by atoms with Crippen LogP contribution in [0.5, 0.6) is 0 Å². The van der Waals surface area contributed by atoms with E-state index >= 15 is 0 Å². The predicted molar refractivity (Wildman–Crippen MR) is 89.5 cm³/mol. The fraction of sp³-hybridized carbons (Fsp3) is 0.167. The van der Waals surface area contributed by atoms with Crippen LogP contribution in [0.15, 0.2) is 35.9 Å². The maximum Gasteiger partial charge on any atom is 0.331 e. The highest BCUT2D eigenvalue weighted by Gasteiger charge is 2.33. The number of aromatic nitrogens is 1. The van der Waals surface area contributed by atoms with Gasteiger partial charge in [0.05, 0.1) is 0 Å². The Labute approximate surface area is 143 Å². The van der Waals surface area contributed by atoms with E-state index in [-0.39, 0.29) is 11.4 Å². The summed E-state index contributed by atoms with van der Waals surface area (Å²) >= 11 is 0. The Bertz CT molecular complexity index is 926. The molecule has 0 radical (unpaired) electrons. The molecule has 0 bridgehead atoms. The lowest BCUT2D eigenvalue weighted by Crippen LogP contribution is -2.52. The zero-order valence-electron chi connectivity index (χ0n) is 14.0. The Morgan fingerprint density at radius 3 is 2.36 bits per heavy atom. The number of nitrogens with one attached hydrogen (secondary N) is 1. The minimum absolute atomic E-state index is 0.110. The van der Waals surface area contributed by atoms with Crippen LogP contribution in [0.25, 0.3) is 11.8 Å². The minimum Gasteiger partial charge on any atom is -0.318 e. The first-order valence-electron chi connectivity index (χ1n) is 7.59. The van der Waals surface area contributed by atoms with Crippen molar-refractivity contribution in [1.29, 1.82) is 0 Å². The second-order valence-electron chi connectivity index (χ2n) is 5.82. The summed E-state index contributed by atoms with van der Waals surface area (Å²) in [4.78, 5) is 36.5. The number of amides is 4. The molecule has 2 heterocycles. The molecule has 128 valence electrons. The van der Waals surface area contributed by atoms with Crippen molar-refractivity contribution in [2.45, 2.75) is 13.8 Å². The molecule has 0 atom stereocenters. The Hall–Kier alpha value is -3.22. The third kappa shape index (κ3) is 2.84. The number of barbiturate groups is 1. The van der Waals surface area contributed by atoms with E-state index < -0.39 is 17.8 Å². The molecule has 1 saturated heterocycles. The van der Waals surface area contributed by atoms with Crippen molar-refractivity contribution < 1.29 is 18.8 Å². The van der Waals surface area contributed by atoms with Crippen molar-refractivity contribution in [1.82, 2.24) is 14.8 Å². The molecule has 3 rings (SSSR count). The number of rotatable bonds is 2. The topological polar surface area (TPSA) is 71.4 Å². The summed E-state index contributed by atoms with van der Waals surface area (Å²) in [6.07, 6.45) is 1.46. The first-order chi connectivity index (χ1) is 11.8. The van der Waals surface area contributed by atoms with Crippen molar-refractivity contribution in [3.8, 4) is 5.69 Å². The molecule has 1 aromatic heterocycles. The number of carbonyl (C=O) groups excluding carboxylic acids is 3. The van der Waals surface area contributed by atoms with E-state index in [2.05, 4.69) is 5.32 Å². The van der Waals surface area contributed by atoms with Crippen molar-refractivity contribution >= 4 is 23.9 Å². The van der Waals surface area contributed by atoms with Gasteiger partial charge in [-0.1, -0.05) is 0 Å². The van der Waals surface area contributed by atoms with Gasteiger partial charge in [-0.25, -0.2) is 9.18 Å². The van der Waals surface area contributed by atoms with Crippen LogP contribution in [0.2, 0.25) is 0 Å². The molecule has 1 fully saturated rings. The molecular weight excluding hydrogens is 325 g/mol. The van der Waals surface area contributed by atoms with Crippen LogP contribution in [-0.4, -0.2) is 34.4 Å². The van der Waals surface area contributed by atoms with Gasteiger partial charge in [-0.05, 0) is 55.8 Å². The van der Waals surface area contributed by atoms with E-state index in [1.165, 1.54) is 25.3 Å². The average molecular weight is 341 g/mol. The second-order valence-corrected chi connectivity index (χ2v) is 5.82.